The molecule has 0 fully saturated rings. The smallest absolute Gasteiger partial charge is 0.137 e. The van der Waals surface area contributed by atoms with Crippen LogP contribution in [0.5, 0.6) is 0 Å². The molecule has 0 bridgehead atoms. The molecule has 0 aliphatic heterocycles. The maximum Gasteiger partial charge on any atom is 0.137 e. The van der Waals surface area contributed by atoms with E-state index >= 15 is 0 Å². The van der Waals surface area contributed by atoms with Gasteiger partial charge in [0.05, 0.1) is 12.8 Å². The van der Waals surface area contributed by atoms with Crippen LogP contribution in [0.3, 0.4) is 0 Å². The molecule has 9 heteroatoms. The van der Waals surface area contributed by atoms with Crippen LogP contribution in [0.15, 0.2) is 37.9 Å². The van der Waals surface area contributed by atoms with Crippen LogP contribution in [-0.2, 0) is 36.0 Å². The molecule has 2 aromatic rings. The molecule has 0 amide bonds. The number of nitrogens with zero attached hydrogens (tertiary/aromatic N) is 4. The Morgan fingerprint density at radius 1 is 0.742 bits per heavy atom. The largest absolute Gasteiger partial charge is 0.311 e. The number of aryl methyl sites for hydroxylation is 2. The van der Waals surface area contributed by atoms with E-state index < -0.39 is 0 Å². The summed E-state index contributed by atoms with van der Waals surface area (Å²) in [5.74, 6) is 1.69. The molecule has 2 rings (SSSR count). The van der Waals surface area contributed by atoms with E-state index in [1.807, 2.05) is 35.4 Å². The molecular weight excluding hydrogens is 443 g/mol. The minimum atomic E-state index is -0.0625. The number of Topliss-reactive ketones (excluding diaryl/α,β-unsaturated/α-hetero) is 4. The standard InChI is InChI=1S/2C6H8N2.2C5H8O2.Co/c2*1-3-8-5-4-7-6(8)2;2*1-4(6)3-5(2)7;/h2*3-5H,1H2,2H3;2*3H2,1-2H3;. The summed E-state index contributed by atoms with van der Waals surface area (Å²) >= 11 is 0. The van der Waals surface area contributed by atoms with Gasteiger partial charge in [0, 0.05) is 54.0 Å². The molecule has 0 aliphatic rings. The van der Waals surface area contributed by atoms with Crippen molar-refractivity contribution in [1.82, 2.24) is 19.1 Å². The number of carbonyl (C=O) groups excluding carboxylic acids is 4. The molecule has 0 unspecified atom stereocenters. The molecule has 8 nitrogen and oxygen atoms in total. The van der Waals surface area contributed by atoms with Gasteiger partial charge in [-0.1, -0.05) is 13.2 Å². The second-order valence-electron chi connectivity index (χ2n) is 6.29. The fourth-order valence-corrected chi connectivity index (χ4v) is 1.86. The van der Waals surface area contributed by atoms with Crippen molar-refractivity contribution in [2.75, 3.05) is 0 Å². The Labute approximate surface area is 194 Å². The minimum Gasteiger partial charge on any atom is -0.311 e. The van der Waals surface area contributed by atoms with Crippen molar-refractivity contribution in [3.8, 4) is 0 Å². The van der Waals surface area contributed by atoms with Crippen molar-refractivity contribution in [2.24, 2.45) is 0 Å². The fourth-order valence-electron chi connectivity index (χ4n) is 1.86. The first kappa shape index (κ1) is 32.7. The number of carbonyl (C=O) groups is 4. The summed E-state index contributed by atoms with van der Waals surface area (Å²) in [4.78, 5) is 48.1. The monoisotopic (exact) mass is 475 g/mol. The van der Waals surface area contributed by atoms with Crippen LogP contribution < -0.4 is 0 Å². The second-order valence-corrected chi connectivity index (χ2v) is 6.29. The van der Waals surface area contributed by atoms with E-state index in [4.69, 9.17) is 0 Å². The second kappa shape index (κ2) is 19.1. The number of ketones is 4. The van der Waals surface area contributed by atoms with Gasteiger partial charge < -0.3 is 9.13 Å². The maximum absolute atomic E-state index is 10.0. The van der Waals surface area contributed by atoms with E-state index in [9.17, 15) is 19.2 Å². The van der Waals surface area contributed by atoms with Gasteiger partial charge in [-0.25, -0.2) is 9.97 Å². The average Bonchev–Trinajstić information content (AvgIpc) is 3.21. The van der Waals surface area contributed by atoms with E-state index in [1.165, 1.54) is 27.7 Å². The first-order chi connectivity index (χ1) is 13.9. The van der Waals surface area contributed by atoms with Gasteiger partial charge in [0.1, 0.15) is 34.8 Å². The fraction of sp³-hybridized carbons (Fsp3) is 0.364. The third-order valence-corrected chi connectivity index (χ3v) is 3.11. The molecule has 2 aromatic heterocycles. The molecule has 0 spiro atoms. The molecule has 0 N–H and O–H groups in total. The minimum absolute atomic E-state index is 0. The zero-order valence-electron chi connectivity index (χ0n) is 19.0. The Hall–Kier alpha value is -2.91. The Balaban J connectivity index is -0.000000335. The SMILES string of the molecule is C=Cn1ccnc1C.C=Cn1ccnc1C.CC(=O)CC(C)=O.CC(=O)CC(C)=O.[Co]. The quantitative estimate of drug-likeness (QED) is 0.591. The van der Waals surface area contributed by atoms with Crippen molar-refractivity contribution in [1.29, 1.82) is 0 Å². The van der Waals surface area contributed by atoms with E-state index in [2.05, 4.69) is 23.1 Å². The van der Waals surface area contributed by atoms with E-state index in [-0.39, 0.29) is 52.8 Å². The van der Waals surface area contributed by atoms with E-state index in [1.54, 1.807) is 24.8 Å². The number of imidazole rings is 2. The summed E-state index contributed by atoms with van der Waals surface area (Å²) in [6, 6.07) is 0. The van der Waals surface area contributed by atoms with Crippen LogP contribution in [0.25, 0.3) is 12.4 Å². The maximum atomic E-state index is 10.0. The van der Waals surface area contributed by atoms with Crippen molar-refractivity contribution in [3.63, 3.8) is 0 Å². The summed E-state index contributed by atoms with van der Waals surface area (Å²) in [7, 11) is 0. The van der Waals surface area contributed by atoms with Crippen LogP contribution in [-0.4, -0.2) is 42.2 Å². The summed E-state index contributed by atoms with van der Waals surface area (Å²) in [6.45, 7) is 16.7. The third kappa shape index (κ3) is 20.1. The van der Waals surface area contributed by atoms with Gasteiger partial charge in [0.25, 0.3) is 0 Å². The van der Waals surface area contributed by atoms with Gasteiger partial charge in [-0.15, -0.1) is 0 Å². The molecular formula is C22H32CoN4O4. The van der Waals surface area contributed by atoms with Crippen LogP contribution in [0, 0.1) is 13.8 Å². The number of rotatable bonds is 6. The third-order valence-electron chi connectivity index (χ3n) is 3.11. The van der Waals surface area contributed by atoms with E-state index in [0.717, 1.165) is 11.6 Å². The van der Waals surface area contributed by atoms with Crippen molar-refractivity contribution >= 4 is 35.5 Å². The topological polar surface area (TPSA) is 104 Å². The normalized spacial score (nSPS) is 8.45. The molecule has 173 valence electrons. The van der Waals surface area contributed by atoms with E-state index in [0.29, 0.717) is 0 Å². The van der Waals surface area contributed by atoms with Gasteiger partial charge in [-0.05, 0) is 41.5 Å². The van der Waals surface area contributed by atoms with Crippen molar-refractivity contribution < 1.29 is 36.0 Å². The molecule has 0 saturated heterocycles. The van der Waals surface area contributed by atoms with Gasteiger partial charge in [0.15, 0.2) is 0 Å². The van der Waals surface area contributed by atoms with Gasteiger partial charge in [0.2, 0.25) is 0 Å². The average molecular weight is 475 g/mol. The van der Waals surface area contributed by atoms with Crippen LogP contribution in [0.2, 0.25) is 0 Å². The molecule has 0 saturated carbocycles. The first-order valence-corrected chi connectivity index (χ1v) is 9.16. The van der Waals surface area contributed by atoms with Gasteiger partial charge >= 0.3 is 0 Å². The zero-order valence-corrected chi connectivity index (χ0v) is 20.1. The predicted octanol–water partition coefficient (Wildman–Crippen LogP) is 3.69. The number of hydrogen-bond acceptors (Lipinski definition) is 6. The molecule has 0 aliphatic carbocycles. The predicted molar refractivity (Wildman–Crippen MR) is 119 cm³/mol. The van der Waals surface area contributed by atoms with Crippen molar-refractivity contribution in [3.05, 3.63) is 49.6 Å². The van der Waals surface area contributed by atoms with Crippen molar-refractivity contribution in [2.45, 2.75) is 54.4 Å². The van der Waals surface area contributed by atoms with Crippen LogP contribution in [0.4, 0.5) is 0 Å². The first-order valence-electron chi connectivity index (χ1n) is 9.16. The molecule has 0 aromatic carbocycles. The Kier molecular flexibility index (Phi) is 20.1. The zero-order chi connectivity index (χ0) is 23.7. The summed E-state index contributed by atoms with van der Waals surface area (Å²) in [5, 5.41) is 0. The van der Waals surface area contributed by atoms with Crippen LogP contribution in [0.1, 0.15) is 52.2 Å². The van der Waals surface area contributed by atoms with Crippen LogP contribution >= 0.6 is 0 Å². The van der Waals surface area contributed by atoms with Gasteiger partial charge in [-0.3, -0.25) is 19.2 Å². The summed E-state index contributed by atoms with van der Waals surface area (Å²) in [5.41, 5.74) is 0. The number of aromatic nitrogens is 4. The summed E-state index contributed by atoms with van der Waals surface area (Å²) < 4.78 is 3.72. The Morgan fingerprint density at radius 2 is 1.00 bits per heavy atom. The Morgan fingerprint density at radius 3 is 1.06 bits per heavy atom. The van der Waals surface area contributed by atoms with Gasteiger partial charge in [-0.2, -0.15) is 0 Å². The summed E-state index contributed by atoms with van der Waals surface area (Å²) in [6.07, 6.45) is 10.8. The molecule has 2 heterocycles. The molecule has 31 heavy (non-hydrogen) atoms. The molecule has 0 atom stereocenters. The molecule has 1 radical (unpaired) electrons. The number of hydrogen-bond donors (Lipinski definition) is 0. The Bertz CT molecular complexity index is 759.